The molecule has 2 aromatic rings. The van der Waals surface area contributed by atoms with Gasteiger partial charge in [0.05, 0.1) is 0 Å². The second-order valence-electron chi connectivity index (χ2n) is 4.86. The number of rotatable bonds is 7. The molecule has 110 valence electrons. The van der Waals surface area contributed by atoms with Crippen LogP contribution in [-0.2, 0) is 13.1 Å². The molecule has 0 amide bonds. The van der Waals surface area contributed by atoms with Crippen LogP contribution in [0.25, 0.3) is 0 Å². The van der Waals surface area contributed by atoms with Crippen LogP contribution < -0.4 is 0 Å². The topological polar surface area (TPSA) is 16.1 Å². The molecule has 0 aliphatic heterocycles. The molecule has 0 radical (unpaired) electrons. The molecule has 0 atom stereocenters. The molecule has 0 saturated heterocycles. The summed E-state index contributed by atoms with van der Waals surface area (Å²) in [7, 11) is 0. The Morgan fingerprint density at radius 2 is 1.81 bits per heavy atom. The third kappa shape index (κ3) is 5.16. The molecule has 1 heterocycles. The lowest BCUT2D eigenvalue weighted by molar-refractivity contribution is 0.261. The van der Waals surface area contributed by atoms with Crippen LogP contribution in [0.4, 0.5) is 0 Å². The van der Waals surface area contributed by atoms with E-state index in [1.165, 1.54) is 5.56 Å². The van der Waals surface area contributed by atoms with E-state index in [4.69, 9.17) is 23.2 Å². The molecule has 0 spiro atoms. The molecule has 21 heavy (non-hydrogen) atoms. The van der Waals surface area contributed by atoms with Crippen LogP contribution >= 0.6 is 23.2 Å². The maximum atomic E-state index is 6.17. The first-order valence-electron chi connectivity index (χ1n) is 6.87. The van der Waals surface area contributed by atoms with Gasteiger partial charge in [0.2, 0.25) is 0 Å². The van der Waals surface area contributed by atoms with E-state index in [0.717, 1.165) is 31.6 Å². The summed E-state index contributed by atoms with van der Waals surface area (Å²) in [5.41, 5.74) is 2.26. The van der Waals surface area contributed by atoms with Crippen LogP contribution in [0.15, 0.2) is 55.1 Å². The number of halogens is 2. The number of hydrogen-bond donors (Lipinski definition) is 0. The van der Waals surface area contributed by atoms with Gasteiger partial charge in [0, 0.05) is 25.2 Å². The van der Waals surface area contributed by atoms with Gasteiger partial charge in [-0.3, -0.25) is 4.90 Å². The van der Waals surface area contributed by atoms with Crippen molar-refractivity contribution in [3.8, 4) is 0 Å². The SMILES string of the molecule is C=CCCN(Cc1ccccc1)Cc1ccc(Cl)nc1Cl. The zero-order valence-electron chi connectivity index (χ0n) is 11.8. The lowest BCUT2D eigenvalue weighted by Crippen LogP contribution is -2.24. The molecule has 0 bridgehead atoms. The number of hydrogen-bond acceptors (Lipinski definition) is 2. The highest BCUT2D eigenvalue weighted by molar-refractivity contribution is 6.32. The molecule has 0 saturated carbocycles. The Kier molecular flexibility index (Phi) is 6.24. The predicted molar refractivity (Wildman–Crippen MR) is 89.6 cm³/mol. The fourth-order valence-electron chi connectivity index (χ4n) is 2.13. The average molecular weight is 321 g/mol. The van der Waals surface area contributed by atoms with Gasteiger partial charge in [-0.25, -0.2) is 4.98 Å². The smallest absolute Gasteiger partial charge is 0.135 e. The largest absolute Gasteiger partial charge is 0.294 e. The van der Waals surface area contributed by atoms with Crippen LogP contribution in [0.1, 0.15) is 17.5 Å². The highest BCUT2D eigenvalue weighted by Crippen LogP contribution is 2.19. The first-order valence-corrected chi connectivity index (χ1v) is 7.62. The number of nitrogens with zero attached hydrogens (tertiary/aromatic N) is 2. The van der Waals surface area contributed by atoms with E-state index in [1.54, 1.807) is 6.07 Å². The summed E-state index contributed by atoms with van der Waals surface area (Å²) in [6.07, 6.45) is 2.87. The van der Waals surface area contributed by atoms with Crippen LogP contribution in [-0.4, -0.2) is 16.4 Å². The normalized spacial score (nSPS) is 10.8. The van der Waals surface area contributed by atoms with Gasteiger partial charge in [-0.15, -0.1) is 6.58 Å². The minimum atomic E-state index is 0.421. The number of pyridine rings is 1. The zero-order valence-corrected chi connectivity index (χ0v) is 13.3. The summed E-state index contributed by atoms with van der Waals surface area (Å²) in [5, 5.41) is 0.892. The average Bonchev–Trinajstić information content (AvgIpc) is 2.48. The van der Waals surface area contributed by atoms with Gasteiger partial charge < -0.3 is 0 Å². The van der Waals surface area contributed by atoms with Gasteiger partial charge in [-0.2, -0.15) is 0 Å². The minimum absolute atomic E-state index is 0.421. The van der Waals surface area contributed by atoms with E-state index >= 15 is 0 Å². The highest BCUT2D eigenvalue weighted by atomic mass is 35.5. The second-order valence-corrected chi connectivity index (χ2v) is 5.60. The van der Waals surface area contributed by atoms with Crippen molar-refractivity contribution in [3.63, 3.8) is 0 Å². The first-order chi connectivity index (χ1) is 10.2. The molecule has 1 aromatic heterocycles. The maximum Gasteiger partial charge on any atom is 0.135 e. The van der Waals surface area contributed by atoms with E-state index < -0.39 is 0 Å². The number of benzene rings is 1. The van der Waals surface area contributed by atoms with Crippen molar-refractivity contribution in [2.75, 3.05) is 6.54 Å². The fourth-order valence-corrected chi connectivity index (χ4v) is 2.53. The summed E-state index contributed by atoms with van der Waals surface area (Å²) in [6.45, 7) is 6.33. The Hall–Kier alpha value is -1.35. The van der Waals surface area contributed by atoms with E-state index in [9.17, 15) is 0 Å². The van der Waals surface area contributed by atoms with Crippen molar-refractivity contribution in [2.45, 2.75) is 19.5 Å². The molecule has 1 aromatic carbocycles. The van der Waals surface area contributed by atoms with Crippen molar-refractivity contribution < 1.29 is 0 Å². The molecule has 0 N–H and O–H groups in total. The quantitative estimate of drug-likeness (QED) is 0.529. The predicted octanol–water partition coefficient (Wildman–Crippen LogP) is 4.97. The molecule has 4 heteroatoms. The minimum Gasteiger partial charge on any atom is -0.294 e. The van der Waals surface area contributed by atoms with E-state index in [2.05, 4.69) is 40.7 Å². The Labute approximate surface area is 136 Å². The third-order valence-electron chi connectivity index (χ3n) is 3.18. The summed E-state index contributed by atoms with van der Waals surface area (Å²) < 4.78 is 0. The lowest BCUT2D eigenvalue weighted by Gasteiger charge is -2.22. The zero-order chi connectivity index (χ0) is 15.1. The lowest BCUT2D eigenvalue weighted by atomic mass is 10.2. The van der Waals surface area contributed by atoms with Gasteiger partial charge in [0.1, 0.15) is 10.3 Å². The molecular formula is C17H18Cl2N2. The summed E-state index contributed by atoms with van der Waals surface area (Å²) >= 11 is 12.0. The third-order valence-corrected chi connectivity index (χ3v) is 3.72. The molecular weight excluding hydrogens is 303 g/mol. The number of aromatic nitrogens is 1. The van der Waals surface area contributed by atoms with Crippen molar-refractivity contribution in [3.05, 3.63) is 76.6 Å². The Bertz CT molecular complexity index is 585. The second kappa shape index (κ2) is 8.18. The fraction of sp³-hybridized carbons (Fsp3) is 0.235. The van der Waals surface area contributed by atoms with Gasteiger partial charge >= 0.3 is 0 Å². The monoisotopic (exact) mass is 320 g/mol. The van der Waals surface area contributed by atoms with Crippen LogP contribution in [0.3, 0.4) is 0 Å². The summed E-state index contributed by atoms with van der Waals surface area (Å²) in [4.78, 5) is 6.43. The van der Waals surface area contributed by atoms with E-state index in [-0.39, 0.29) is 0 Å². The molecule has 0 aliphatic rings. The molecule has 2 rings (SSSR count). The van der Waals surface area contributed by atoms with Crippen LogP contribution in [0.2, 0.25) is 10.3 Å². The molecule has 2 nitrogen and oxygen atoms in total. The van der Waals surface area contributed by atoms with Crippen molar-refractivity contribution in [1.29, 1.82) is 0 Å². The van der Waals surface area contributed by atoms with Crippen molar-refractivity contribution in [1.82, 2.24) is 9.88 Å². The maximum absolute atomic E-state index is 6.17. The molecule has 0 aliphatic carbocycles. The van der Waals surface area contributed by atoms with E-state index in [0.29, 0.717) is 10.3 Å². The van der Waals surface area contributed by atoms with Gasteiger partial charge in [-0.1, -0.05) is 65.7 Å². The molecule has 0 fully saturated rings. The Morgan fingerprint density at radius 1 is 1.05 bits per heavy atom. The molecule has 0 unspecified atom stereocenters. The summed E-state index contributed by atoms with van der Waals surface area (Å²) in [5.74, 6) is 0. The van der Waals surface area contributed by atoms with Crippen molar-refractivity contribution in [2.24, 2.45) is 0 Å². The van der Waals surface area contributed by atoms with Crippen LogP contribution in [0.5, 0.6) is 0 Å². The first kappa shape index (κ1) is 16.0. The van der Waals surface area contributed by atoms with Crippen LogP contribution in [0, 0.1) is 0 Å². The van der Waals surface area contributed by atoms with Gasteiger partial charge in [0.25, 0.3) is 0 Å². The summed E-state index contributed by atoms with van der Waals surface area (Å²) in [6, 6.07) is 14.1. The Balaban J connectivity index is 2.10. The van der Waals surface area contributed by atoms with Gasteiger partial charge in [0.15, 0.2) is 0 Å². The van der Waals surface area contributed by atoms with Gasteiger partial charge in [-0.05, 0) is 18.1 Å². The van der Waals surface area contributed by atoms with Crippen molar-refractivity contribution >= 4 is 23.2 Å². The highest BCUT2D eigenvalue weighted by Gasteiger charge is 2.10. The standard InChI is InChI=1S/C17H18Cl2N2/c1-2-3-11-21(12-14-7-5-4-6-8-14)13-15-9-10-16(18)20-17(15)19/h2,4-10H,1,3,11-13H2. The Morgan fingerprint density at radius 3 is 2.48 bits per heavy atom. The van der Waals surface area contributed by atoms with E-state index in [1.807, 2.05) is 18.2 Å².